The van der Waals surface area contributed by atoms with Crippen LogP contribution in [-0.4, -0.2) is 59.8 Å². The van der Waals surface area contributed by atoms with Crippen LogP contribution in [0, 0.1) is 0 Å². The summed E-state index contributed by atoms with van der Waals surface area (Å²) < 4.78 is 6.79. The van der Waals surface area contributed by atoms with Gasteiger partial charge < -0.3 is 20.3 Å². The molecule has 2 fully saturated rings. The number of rotatable bonds is 7. The predicted octanol–water partition coefficient (Wildman–Crippen LogP) is 3.31. The first kappa shape index (κ1) is 22.8. The van der Waals surface area contributed by atoms with Gasteiger partial charge in [0.15, 0.2) is 5.69 Å². The van der Waals surface area contributed by atoms with Crippen molar-refractivity contribution in [3.63, 3.8) is 0 Å². The van der Waals surface area contributed by atoms with Crippen LogP contribution in [0.3, 0.4) is 0 Å². The maximum Gasteiger partial charge on any atom is 0.277 e. The number of nitrogens with two attached hydrogens (primary N) is 1. The summed E-state index contributed by atoms with van der Waals surface area (Å²) in [7, 11) is 1.60. The second-order valence-corrected chi connectivity index (χ2v) is 10.2. The second-order valence-electron chi connectivity index (χ2n) is 10.2. The van der Waals surface area contributed by atoms with Crippen molar-refractivity contribution in [2.45, 2.75) is 37.5 Å². The summed E-state index contributed by atoms with van der Waals surface area (Å²) in [5.74, 6) is -0.115. The van der Waals surface area contributed by atoms with E-state index in [1.165, 1.54) is 49.0 Å². The molecule has 36 heavy (non-hydrogen) atoms. The highest BCUT2D eigenvalue weighted by Gasteiger charge is 2.45. The third-order valence-electron chi connectivity index (χ3n) is 7.94. The lowest BCUT2D eigenvalue weighted by atomic mass is 9.94. The normalized spacial score (nSPS) is 18.8. The van der Waals surface area contributed by atoms with E-state index in [0.29, 0.717) is 35.7 Å². The van der Waals surface area contributed by atoms with Crippen molar-refractivity contribution < 1.29 is 14.3 Å². The van der Waals surface area contributed by atoms with Gasteiger partial charge in [-0.15, -0.1) is 0 Å². The van der Waals surface area contributed by atoms with Gasteiger partial charge in [0.05, 0.1) is 12.8 Å². The summed E-state index contributed by atoms with van der Waals surface area (Å²) >= 11 is 0. The average Bonchev–Trinajstić information content (AvgIpc) is 3.30. The zero-order valence-electron chi connectivity index (χ0n) is 20.6. The molecule has 2 N–H and O–H groups in total. The zero-order valence-corrected chi connectivity index (χ0v) is 20.6. The van der Waals surface area contributed by atoms with Gasteiger partial charge in [0.25, 0.3) is 11.8 Å². The molecule has 2 aliphatic heterocycles. The maximum absolute atomic E-state index is 13.8. The lowest BCUT2D eigenvalue weighted by Crippen LogP contribution is -2.39. The minimum atomic E-state index is -0.628. The Kier molecular flexibility index (Phi) is 5.56. The first-order valence-electron chi connectivity index (χ1n) is 12.7. The zero-order chi connectivity index (χ0) is 24.9. The van der Waals surface area contributed by atoms with Crippen molar-refractivity contribution in [2.24, 2.45) is 5.73 Å². The monoisotopic (exact) mass is 485 g/mol. The van der Waals surface area contributed by atoms with E-state index < -0.39 is 5.91 Å². The molecule has 0 spiro atoms. The van der Waals surface area contributed by atoms with Crippen molar-refractivity contribution in [3.05, 3.63) is 71.0 Å². The number of fused-ring (bicyclic) bond motifs is 1. The quantitative estimate of drug-likeness (QED) is 0.554. The Morgan fingerprint density at radius 3 is 2.28 bits per heavy atom. The summed E-state index contributed by atoms with van der Waals surface area (Å²) in [4.78, 5) is 30.3. The van der Waals surface area contributed by atoms with Crippen LogP contribution in [0.2, 0.25) is 0 Å². The van der Waals surface area contributed by atoms with Gasteiger partial charge in [-0.1, -0.05) is 12.1 Å². The van der Waals surface area contributed by atoms with E-state index in [4.69, 9.17) is 10.5 Å². The number of benzene rings is 2. The van der Waals surface area contributed by atoms with Crippen LogP contribution in [0.5, 0.6) is 5.75 Å². The van der Waals surface area contributed by atoms with Crippen LogP contribution in [-0.2, 0) is 11.8 Å². The Morgan fingerprint density at radius 1 is 1.00 bits per heavy atom. The van der Waals surface area contributed by atoms with Crippen LogP contribution in [0.4, 0.5) is 5.69 Å². The number of methoxy groups -OCH3 is 1. The standard InChI is InChI=1S/C28H31N5O3/c1-36-22-10-8-21(9-11-22)33-25-23(24(30-33)26(29)34)12-17-32(27(25)35)20-6-4-19(5-7-20)28(13-14-28)18-31-15-2-3-16-31/h4-11H,2-3,12-18H2,1H3,(H2,29,34). The largest absolute Gasteiger partial charge is 0.497 e. The molecule has 1 aromatic heterocycles. The van der Waals surface area contributed by atoms with E-state index >= 15 is 0 Å². The molecule has 3 aliphatic rings. The molecular formula is C28H31N5O3. The highest BCUT2D eigenvalue weighted by molar-refractivity contribution is 6.09. The van der Waals surface area contributed by atoms with Gasteiger partial charge in [-0.05, 0) is 87.2 Å². The van der Waals surface area contributed by atoms with Gasteiger partial charge in [0.1, 0.15) is 11.4 Å². The Bertz CT molecular complexity index is 1300. The molecule has 1 saturated heterocycles. The fourth-order valence-electron chi connectivity index (χ4n) is 5.77. The van der Waals surface area contributed by atoms with Crippen LogP contribution >= 0.6 is 0 Å². The molecule has 8 heteroatoms. The minimum absolute atomic E-state index is 0.154. The van der Waals surface area contributed by atoms with Gasteiger partial charge >= 0.3 is 0 Å². The summed E-state index contributed by atoms with van der Waals surface area (Å²) in [5.41, 5.74) is 9.93. The summed E-state index contributed by atoms with van der Waals surface area (Å²) in [6.45, 7) is 4.02. The summed E-state index contributed by atoms with van der Waals surface area (Å²) in [5, 5.41) is 4.45. The molecule has 3 aromatic rings. The van der Waals surface area contributed by atoms with Gasteiger partial charge in [-0.3, -0.25) is 9.59 Å². The number of hydrogen-bond donors (Lipinski definition) is 1. The first-order valence-corrected chi connectivity index (χ1v) is 12.7. The number of likely N-dealkylation sites (tertiary alicyclic amines) is 1. The van der Waals surface area contributed by atoms with Crippen molar-refractivity contribution >= 4 is 17.5 Å². The SMILES string of the molecule is COc1ccc(-n2nc(C(N)=O)c3c2C(=O)N(c2ccc(C4(CN5CCCC5)CC4)cc2)CC3)cc1. The van der Waals surface area contributed by atoms with Crippen molar-refractivity contribution in [1.29, 1.82) is 0 Å². The van der Waals surface area contributed by atoms with E-state index in [0.717, 1.165) is 12.2 Å². The van der Waals surface area contributed by atoms with E-state index in [-0.39, 0.29) is 17.0 Å². The number of amides is 2. The molecule has 1 aliphatic carbocycles. The van der Waals surface area contributed by atoms with Crippen molar-refractivity contribution in [3.8, 4) is 11.4 Å². The lowest BCUT2D eigenvalue weighted by Gasteiger charge is -2.28. The van der Waals surface area contributed by atoms with Crippen LogP contribution in [0.25, 0.3) is 5.69 Å². The van der Waals surface area contributed by atoms with Crippen LogP contribution in [0.1, 0.15) is 57.8 Å². The minimum Gasteiger partial charge on any atom is -0.497 e. The number of ether oxygens (including phenoxy) is 1. The second kappa shape index (κ2) is 8.78. The molecule has 0 bridgehead atoms. The lowest BCUT2D eigenvalue weighted by molar-refractivity contribution is 0.0972. The topological polar surface area (TPSA) is 93.7 Å². The molecule has 0 radical (unpaired) electrons. The number of primary amides is 1. The molecule has 6 rings (SSSR count). The molecule has 0 atom stereocenters. The first-order chi connectivity index (χ1) is 17.5. The number of aromatic nitrogens is 2. The van der Waals surface area contributed by atoms with E-state index in [9.17, 15) is 9.59 Å². The Balaban J connectivity index is 1.30. The predicted molar refractivity (Wildman–Crippen MR) is 137 cm³/mol. The molecular weight excluding hydrogens is 454 g/mol. The molecule has 8 nitrogen and oxygen atoms in total. The number of carbonyl (C=O) groups excluding carboxylic acids is 2. The van der Waals surface area contributed by atoms with Gasteiger partial charge in [0.2, 0.25) is 0 Å². The van der Waals surface area contributed by atoms with E-state index in [1.807, 2.05) is 12.1 Å². The molecule has 1 saturated carbocycles. The highest BCUT2D eigenvalue weighted by atomic mass is 16.5. The number of nitrogens with zero attached hydrogens (tertiary/aromatic N) is 4. The third-order valence-corrected chi connectivity index (χ3v) is 7.94. The summed E-state index contributed by atoms with van der Waals surface area (Å²) in [6, 6.07) is 15.7. The Hall–Kier alpha value is -3.65. The Morgan fingerprint density at radius 2 is 1.67 bits per heavy atom. The smallest absolute Gasteiger partial charge is 0.277 e. The molecule has 186 valence electrons. The fraction of sp³-hybridized carbons (Fsp3) is 0.393. The molecule has 0 unspecified atom stereocenters. The van der Waals surface area contributed by atoms with E-state index in [2.05, 4.69) is 34.3 Å². The van der Waals surface area contributed by atoms with Gasteiger partial charge in [-0.25, -0.2) is 4.68 Å². The summed E-state index contributed by atoms with van der Waals surface area (Å²) in [6.07, 6.45) is 5.57. The molecule has 2 amide bonds. The number of carbonyl (C=O) groups is 2. The van der Waals surface area contributed by atoms with Crippen LogP contribution in [0.15, 0.2) is 48.5 Å². The average molecular weight is 486 g/mol. The number of anilines is 1. The van der Waals surface area contributed by atoms with Gasteiger partial charge in [0, 0.05) is 29.8 Å². The van der Waals surface area contributed by atoms with Crippen molar-refractivity contribution in [2.75, 3.05) is 38.2 Å². The maximum atomic E-state index is 13.8. The van der Waals surface area contributed by atoms with Crippen molar-refractivity contribution in [1.82, 2.24) is 14.7 Å². The van der Waals surface area contributed by atoms with Gasteiger partial charge in [-0.2, -0.15) is 5.10 Å². The fourth-order valence-corrected chi connectivity index (χ4v) is 5.77. The van der Waals surface area contributed by atoms with Crippen LogP contribution < -0.4 is 15.4 Å². The van der Waals surface area contributed by atoms with E-state index in [1.54, 1.807) is 24.1 Å². The third kappa shape index (κ3) is 3.86. The molecule has 3 heterocycles. The highest BCUT2D eigenvalue weighted by Crippen LogP contribution is 2.49. The Labute approximate surface area is 210 Å². The number of hydrogen-bond acceptors (Lipinski definition) is 5. The molecule has 2 aromatic carbocycles.